The lowest BCUT2D eigenvalue weighted by Gasteiger charge is -2.30. The fourth-order valence-electron chi connectivity index (χ4n) is 2.96. The van der Waals surface area contributed by atoms with Crippen molar-refractivity contribution in [1.29, 1.82) is 0 Å². The molecule has 0 unspecified atom stereocenters. The average molecular weight is 318 g/mol. The summed E-state index contributed by atoms with van der Waals surface area (Å²) in [7, 11) is 3.68. The molecule has 0 aliphatic rings. The van der Waals surface area contributed by atoms with Gasteiger partial charge in [-0.2, -0.15) is 0 Å². The molecule has 3 aromatic rings. The highest BCUT2D eigenvalue weighted by atomic mass is 16.2. The zero-order valence-corrected chi connectivity index (χ0v) is 14.3. The highest BCUT2D eigenvalue weighted by Crippen LogP contribution is 2.28. The van der Waals surface area contributed by atoms with E-state index in [1.807, 2.05) is 75.6 Å². The first-order valence-electron chi connectivity index (χ1n) is 8.13. The Morgan fingerprint density at radius 1 is 0.833 bits per heavy atom. The maximum absolute atomic E-state index is 13.0. The van der Waals surface area contributed by atoms with Crippen LogP contribution in [0, 0.1) is 0 Å². The van der Waals surface area contributed by atoms with Gasteiger partial charge in [0.1, 0.15) is 0 Å². The summed E-state index contributed by atoms with van der Waals surface area (Å²) >= 11 is 0. The van der Waals surface area contributed by atoms with Gasteiger partial charge in [0.15, 0.2) is 0 Å². The highest BCUT2D eigenvalue weighted by Gasteiger charge is 2.22. The molecule has 0 heterocycles. The predicted octanol–water partition coefficient (Wildman–Crippen LogP) is 5.09. The summed E-state index contributed by atoms with van der Waals surface area (Å²) in [5, 5.41) is 2.21. The summed E-state index contributed by atoms with van der Waals surface area (Å²) in [6.45, 7) is 2.05. The highest BCUT2D eigenvalue weighted by molar-refractivity contribution is 6.02. The van der Waals surface area contributed by atoms with E-state index in [0.29, 0.717) is 0 Å². The molecule has 0 spiro atoms. The number of fused-ring (bicyclic) bond motifs is 1. The zero-order chi connectivity index (χ0) is 17.1. The number of rotatable bonds is 3. The molecule has 3 heteroatoms. The molecule has 0 radical (unpaired) electrons. The molecule has 0 fully saturated rings. The maximum atomic E-state index is 13.0. The SMILES string of the molecule is C[C@H](c1ccccc1)N(C)C(=O)N(C)c1cccc2ccccc12. The lowest BCUT2D eigenvalue weighted by molar-refractivity contribution is 0.202. The summed E-state index contributed by atoms with van der Waals surface area (Å²) in [6.07, 6.45) is 0. The molecule has 0 aliphatic heterocycles. The van der Waals surface area contributed by atoms with Crippen LogP contribution in [0.15, 0.2) is 72.8 Å². The van der Waals surface area contributed by atoms with Gasteiger partial charge >= 0.3 is 6.03 Å². The molecule has 122 valence electrons. The van der Waals surface area contributed by atoms with Gasteiger partial charge in [-0.05, 0) is 23.9 Å². The normalized spacial score (nSPS) is 12.0. The van der Waals surface area contributed by atoms with Crippen molar-refractivity contribution >= 4 is 22.5 Å². The van der Waals surface area contributed by atoms with Crippen molar-refractivity contribution in [2.24, 2.45) is 0 Å². The molecule has 3 nitrogen and oxygen atoms in total. The molecule has 0 saturated carbocycles. The molecule has 0 saturated heterocycles. The van der Waals surface area contributed by atoms with Gasteiger partial charge in [0.2, 0.25) is 0 Å². The Balaban J connectivity index is 1.88. The number of carbonyl (C=O) groups excluding carboxylic acids is 1. The van der Waals surface area contributed by atoms with Crippen LogP contribution in [0.3, 0.4) is 0 Å². The third kappa shape index (κ3) is 2.98. The van der Waals surface area contributed by atoms with E-state index in [0.717, 1.165) is 22.0 Å². The van der Waals surface area contributed by atoms with Gasteiger partial charge < -0.3 is 4.90 Å². The molecule has 0 aliphatic carbocycles. The first-order chi connectivity index (χ1) is 11.6. The minimum absolute atomic E-state index is 0.0103. The van der Waals surface area contributed by atoms with E-state index in [2.05, 4.69) is 18.2 Å². The lowest BCUT2D eigenvalue weighted by atomic mass is 10.1. The molecule has 24 heavy (non-hydrogen) atoms. The first-order valence-corrected chi connectivity index (χ1v) is 8.13. The quantitative estimate of drug-likeness (QED) is 0.660. The second kappa shape index (κ2) is 6.75. The van der Waals surface area contributed by atoms with Crippen LogP contribution in [0.5, 0.6) is 0 Å². The van der Waals surface area contributed by atoms with Crippen molar-refractivity contribution in [2.75, 3.05) is 19.0 Å². The third-order valence-electron chi connectivity index (χ3n) is 4.58. The van der Waals surface area contributed by atoms with Gasteiger partial charge in [-0.15, -0.1) is 0 Å². The minimum atomic E-state index is -0.0253. The van der Waals surface area contributed by atoms with Gasteiger partial charge in [0, 0.05) is 19.5 Å². The van der Waals surface area contributed by atoms with Crippen molar-refractivity contribution in [1.82, 2.24) is 4.90 Å². The van der Waals surface area contributed by atoms with Crippen LogP contribution >= 0.6 is 0 Å². The molecule has 0 N–H and O–H groups in total. The van der Waals surface area contributed by atoms with Gasteiger partial charge in [-0.1, -0.05) is 66.7 Å². The van der Waals surface area contributed by atoms with Crippen LogP contribution in [0.1, 0.15) is 18.5 Å². The molecule has 2 amide bonds. The third-order valence-corrected chi connectivity index (χ3v) is 4.58. The number of benzene rings is 3. The Labute approximate surface area is 143 Å². The molecule has 1 atom stereocenters. The van der Waals surface area contributed by atoms with E-state index < -0.39 is 0 Å². The van der Waals surface area contributed by atoms with Gasteiger partial charge in [-0.25, -0.2) is 4.79 Å². The van der Waals surface area contributed by atoms with Crippen LogP contribution in [0.2, 0.25) is 0 Å². The van der Waals surface area contributed by atoms with Gasteiger partial charge in [0.25, 0.3) is 0 Å². The fourth-order valence-corrected chi connectivity index (χ4v) is 2.96. The number of anilines is 1. The maximum Gasteiger partial charge on any atom is 0.324 e. The lowest BCUT2D eigenvalue weighted by Crippen LogP contribution is -2.40. The van der Waals surface area contributed by atoms with E-state index in [4.69, 9.17) is 0 Å². The van der Waals surface area contributed by atoms with E-state index in [1.165, 1.54) is 0 Å². The van der Waals surface area contributed by atoms with E-state index in [1.54, 1.807) is 9.80 Å². The molecule has 3 rings (SSSR count). The Morgan fingerprint density at radius 3 is 2.21 bits per heavy atom. The van der Waals surface area contributed by atoms with Crippen LogP contribution in [0.25, 0.3) is 10.8 Å². The number of hydrogen-bond acceptors (Lipinski definition) is 1. The van der Waals surface area contributed by atoms with Crippen LogP contribution in [-0.2, 0) is 0 Å². The summed E-state index contributed by atoms with van der Waals surface area (Å²) in [5.74, 6) is 0. The van der Waals surface area contributed by atoms with Crippen molar-refractivity contribution in [3.8, 4) is 0 Å². The summed E-state index contributed by atoms with van der Waals surface area (Å²) < 4.78 is 0. The fraction of sp³-hybridized carbons (Fsp3) is 0.190. The van der Waals surface area contributed by atoms with Crippen LogP contribution in [-0.4, -0.2) is 25.0 Å². The molecular weight excluding hydrogens is 296 g/mol. The standard InChI is InChI=1S/C21H22N2O/c1-16(17-10-5-4-6-11-17)22(2)21(24)23(3)20-15-9-13-18-12-7-8-14-19(18)20/h4-16H,1-3H3/t16-/m1/s1. The number of carbonyl (C=O) groups is 1. The summed E-state index contributed by atoms with van der Waals surface area (Å²) in [4.78, 5) is 16.5. The average Bonchev–Trinajstić information content (AvgIpc) is 2.66. The summed E-state index contributed by atoms with van der Waals surface area (Å²) in [6, 6.07) is 24.2. The Kier molecular flexibility index (Phi) is 4.52. The number of amides is 2. The topological polar surface area (TPSA) is 23.6 Å². The number of nitrogens with zero attached hydrogens (tertiary/aromatic N) is 2. The first kappa shape index (κ1) is 16.1. The second-order valence-corrected chi connectivity index (χ2v) is 6.04. The van der Waals surface area contributed by atoms with Crippen molar-refractivity contribution in [3.63, 3.8) is 0 Å². The Bertz CT molecular complexity index is 839. The van der Waals surface area contributed by atoms with Crippen molar-refractivity contribution in [3.05, 3.63) is 78.4 Å². The van der Waals surface area contributed by atoms with E-state index in [-0.39, 0.29) is 12.1 Å². The minimum Gasteiger partial charge on any atom is -0.321 e. The zero-order valence-electron chi connectivity index (χ0n) is 14.3. The molecule has 0 aromatic heterocycles. The molecular formula is C21H22N2O. The Hall–Kier alpha value is -2.81. The Morgan fingerprint density at radius 2 is 1.46 bits per heavy atom. The van der Waals surface area contributed by atoms with Crippen molar-refractivity contribution < 1.29 is 4.79 Å². The number of hydrogen-bond donors (Lipinski definition) is 0. The smallest absolute Gasteiger partial charge is 0.321 e. The van der Waals surface area contributed by atoms with Crippen LogP contribution < -0.4 is 4.90 Å². The second-order valence-electron chi connectivity index (χ2n) is 6.04. The summed E-state index contributed by atoms with van der Waals surface area (Å²) in [5.41, 5.74) is 2.05. The van der Waals surface area contributed by atoms with E-state index in [9.17, 15) is 4.79 Å². The van der Waals surface area contributed by atoms with Crippen LogP contribution in [0.4, 0.5) is 10.5 Å². The van der Waals surface area contributed by atoms with Crippen molar-refractivity contribution in [2.45, 2.75) is 13.0 Å². The predicted molar refractivity (Wildman–Crippen MR) is 100 cm³/mol. The molecule has 3 aromatic carbocycles. The van der Waals surface area contributed by atoms with Gasteiger partial charge in [-0.3, -0.25) is 4.90 Å². The van der Waals surface area contributed by atoms with E-state index >= 15 is 0 Å². The van der Waals surface area contributed by atoms with Gasteiger partial charge in [0.05, 0.1) is 11.7 Å². The monoisotopic (exact) mass is 318 g/mol. The number of urea groups is 1. The molecule has 0 bridgehead atoms. The largest absolute Gasteiger partial charge is 0.324 e.